The molecule has 0 aliphatic carbocycles. The van der Waals surface area contributed by atoms with Gasteiger partial charge in [-0.3, -0.25) is 0 Å². The van der Waals surface area contributed by atoms with Crippen LogP contribution in [0.1, 0.15) is 60.3 Å². The number of hydrogen-bond donors (Lipinski definition) is 1. The highest BCUT2D eigenvalue weighted by Crippen LogP contribution is 2.27. The summed E-state index contributed by atoms with van der Waals surface area (Å²) >= 11 is 0. The third-order valence-electron chi connectivity index (χ3n) is 3.06. The Balaban J connectivity index is 4.58. The highest BCUT2D eigenvalue weighted by atomic mass is 16.5. The number of hydrogen-bond acceptors (Lipinski definition) is 2. The van der Waals surface area contributed by atoms with Crippen LogP contribution in [0.15, 0.2) is 0 Å². The second kappa shape index (κ2) is 9.42. The predicted molar refractivity (Wildman–Crippen MR) is 79.6 cm³/mol. The van der Waals surface area contributed by atoms with Crippen molar-refractivity contribution >= 4 is 0 Å². The average molecular weight is 253 g/mol. The summed E-state index contributed by atoms with van der Waals surface area (Å²) in [5.74, 6) is 2.72. The molecule has 0 amide bonds. The number of nitrogens with one attached hydrogen (secondary N) is 1. The molecule has 2 heteroatoms. The Labute approximate surface area is 114 Å². The molecule has 0 heterocycles. The van der Waals surface area contributed by atoms with E-state index >= 15 is 0 Å². The van der Waals surface area contributed by atoms with Crippen molar-refractivity contribution in [1.29, 1.82) is 0 Å². The SMILES string of the molecule is C#CCCCC(NCCC)C(OCC)C(C)(C)C. The van der Waals surface area contributed by atoms with Crippen LogP contribution in [-0.4, -0.2) is 25.3 Å². The predicted octanol–water partition coefficient (Wildman–Crippen LogP) is 3.61. The number of rotatable bonds is 9. The number of terminal acetylenes is 1. The third-order valence-corrected chi connectivity index (χ3v) is 3.06. The lowest BCUT2D eigenvalue weighted by atomic mass is 9.82. The first-order valence-electron chi connectivity index (χ1n) is 7.25. The smallest absolute Gasteiger partial charge is 0.0775 e. The zero-order valence-electron chi connectivity index (χ0n) is 12.9. The summed E-state index contributed by atoms with van der Waals surface area (Å²) in [4.78, 5) is 0. The van der Waals surface area contributed by atoms with E-state index in [4.69, 9.17) is 11.2 Å². The third kappa shape index (κ3) is 7.03. The fraction of sp³-hybridized carbons (Fsp3) is 0.875. The van der Waals surface area contributed by atoms with Gasteiger partial charge in [-0.25, -0.2) is 0 Å². The molecule has 2 nitrogen and oxygen atoms in total. The van der Waals surface area contributed by atoms with Crippen LogP contribution in [0.4, 0.5) is 0 Å². The normalized spacial score (nSPS) is 15.1. The van der Waals surface area contributed by atoms with Gasteiger partial charge in [0.15, 0.2) is 0 Å². The molecular weight excluding hydrogens is 222 g/mol. The lowest BCUT2D eigenvalue weighted by Crippen LogP contribution is -2.48. The summed E-state index contributed by atoms with van der Waals surface area (Å²) in [6.45, 7) is 12.8. The quantitative estimate of drug-likeness (QED) is 0.500. The maximum atomic E-state index is 5.98. The monoisotopic (exact) mass is 253 g/mol. The molecule has 2 atom stereocenters. The number of unbranched alkanes of at least 4 members (excludes halogenated alkanes) is 1. The first-order chi connectivity index (χ1) is 8.47. The van der Waals surface area contributed by atoms with Crippen molar-refractivity contribution in [3.05, 3.63) is 0 Å². The van der Waals surface area contributed by atoms with E-state index < -0.39 is 0 Å². The van der Waals surface area contributed by atoms with Crippen molar-refractivity contribution in [3.8, 4) is 12.3 Å². The second-order valence-corrected chi connectivity index (χ2v) is 5.90. The molecular formula is C16H31NO. The molecule has 0 aliphatic heterocycles. The summed E-state index contributed by atoms with van der Waals surface area (Å²) < 4.78 is 5.98. The van der Waals surface area contributed by atoms with Crippen molar-refractivity contribution in [3.63, 3.8) is 0 Å². The minimum absolute atomic E-state index is 0.150. The maximum absolute atomic E-state index is 5.98. The van der Waals surface area contributed by atoms with Crippen molar-refractivity contribution in [2.45, 2.75) is 72.4 Å². The van der Waals surface area contributed by atoms with Crippen molar-refractivity contribution in [2.24, 2.45) is 5.41 Å². The van der Waals surface area contributed by atoms with Crippen LogP contribution in [0.5, 0.6) is 0 Å². The molecule has 0 saturated carbocycles. The fourth-order valence-corrected chi connectivity index (χ4v) is 2.26. The molecule has 0 bridgehead atoms. The molecule has 0 aliphatic rings. The lowest BCUT2D eigenvalue weighted by Gasteiger charge is -2.37. The topological polar surface area (TPSA) is 21.3 Å². The van der Waals surface area contributed by atoms with Crippen LogP contribution in [0.25, 0.3) is 0 Å². The zero-order chi connectivity index (χ0) is 14.0. The molecule has 0 rings (SSSR count). The highest BCUT2D eigenvalue weighted by Gasteiger charge is 2.32. The Morgan fingerprint density at radius 1 is 1.28 bits per heavy atom. The van der Waals surface area contributed by atoms with E-state index in [0.717, 1.165) is 38.8 Å². The van der Waals surface area contributed by atoms with Crippen molar-refractivity contribution in [2.75, 3.05) is 13.2 Å². The standard InChI is InChI=1S/C16H31NO/c1-7-10-11-12-14(17-13-8-2)15(18-9-3)16(4,5)6/h1,14-15,17H,8-13H2,2-6H3. The van der Waals surface area contributed by atoms with Crippen molar-refractivity contribution < 1.29 is 4.74 Å². The molecule has 0 aromatic heterocycles. The Bertz CT molecular complexity index is 236. The molecule has 0 saturated heterocycles. The van der Waals surface area contributed by atoms with E-state index in [1.54, 1.807) is 0 Å². The molecule has 0 radical (unpaired) electrons. The van der Waals surface area contributed by atoms with Crippen LogP contribution < -0.4 is 5.32 Å². The van der Waals surface area contributed by atoms with Gasteiger partial charge in [-0.1, -0.05) is 27.7 Å². The van der Waals surface area contributed by atoms with E-state index in [1.807, 2.05) is 0 Å². The van der Waals surface area contributed by atoms with Gasteiger partial charge < -0.3 is 10.1 Å². The molecule has 0 aromatic rings. The summed E-state index contributed by atoms with van der Waals surface area (Å²) in [6.07, 6.45) is 9.73. The van der Waals surface area contributed by atoms with E-state index in [1.165, 1.54) is 0 Å². The molecule has 18 heavy (non-hydrogen) atoms. The van der Waals surface area contributed by atoms with E-state index in [9.17, 15) is 0 Å². The Morgan fingerprint density at radius 2 is 1.94 bits per heavy atom. The molecule has 0 aromatic carbocycles. The van der Waals surface area contributed by atoms with E-state index in [0.29, 0.717) is 6.04 Å². The van der Waals surface area contributed by atoms with Gasteiger partial charge in [0.25, 0.3) is 0 Å². The van der Waals surface area contributed by atoms with Crippen LogP contribution >= 0.6 is 0 Å². The molecule has 0 fully saturated rings. The Hall–Kier alpha value is -0.520. The lowest BCUT2D eigenvalue weighted by molar-refractivity contribution is -0.0376. The minimum atomic E-state index is 0.150. The second-order valence-electron chi connectivity index (χ2n) is 5.90. The summed E-state index contributed by atoms with van der Waals surface area (Å²) in [5, 5.41) is 3.63. The summed E-state index contributed by atoms with van der Waals surface area (Å²) in [5.41, 5.74) is 0.150. The van der Waals surface area contributed by atoms with Gasteiger partial charge in [-0.2, -0.15) is 0 Å². The summed E-state index contributed by atoms with van der Waals surface area (Å²) in [6, 6.07) is 0.401. The Kier molecular flexibility index (Phi) is 9.14. The largest absolute Gasteiger partial charge is 0.376 e. The molecule has 0 spiro atoms. The van der Waals surface area contributed by atoms with Gasteiger partial charge in [0, 0.05) is 19.1 Å². The van der Waals surface area contributed by atoms with E-state index in [2.05, 4.69) is 45.9 Å². The zero-order valence-corrected chi connectivity index (χ0v) is 12.9. The first-order valence-corrected chi connectivity index (χ1v) is 7.25. The summed E-state index contributed by atoms with van der Waals surface area (Å²) in [7, 11) is 0. The minimum Gasteiger partial charge on any atom is -0.376 e. The highest BCUT2D eigenvalue weighted by molar-refractivity contribution is 4.89. The van der Waals surface area contributed by atoms with Gasteiger partial charge in [0.2, 0.25) is 0 Å². The van der Waals surface area contributed by atoms with E-state index in [-0.39, 0.29) is 11.5 Å². The maximum Gasteiger partial charge on any atom is 0.0775 e. The van der Waals surface area contributed by atoms with Crippen molar-refractivity contribution in [1.82, 2.24) is 5.32 Å². The van der Waals surface area contributed by atoms with Gasteiger partial charge in [-0.05, 0) is 38.1 Å². The van der Waals surface area contributed by atoms with Gasteiger partial charge in [0.05, 0.1) is 6.10 Å². The van der Waals surface area contributed by atoms with Gasteiger partial charge in [0.1, 0.15) is 0 Å². The van der Waals surface area contributed by atoms with Gasteiger partial charge >= 0.3 is 0 Å². The van der Waals surface area contributed by atoms with Crippen LogP contribution in [0.2, 0.25) is 0 Å². The van der Waals surface area contributed by atoms with Gasteiger partial charge in [-0.15, -0.1) is 12.3 Å². The van der Waals surface area contributed by atoms with Crippen LogP contribution in [0, 0.1) is 17.8 Å². The fourth-order valence-electron chi connectivity index (χ4n) is 2.26. The van der Waals surface area contributed by atoms with Crippen LogP contribution in [-0.2, 0) is 4.74 Å². The molecule has 2 unspecified atom stereocenters. The average Bonchev–Trinajstić information content (AvgIpc) is 2.30. The molecule has 1 N–H and O–H groups in total. The first kappa shape index (κ1) is 17.5. The van der Waals surface area contributed by atoms with Crippen LogP contribution in [0.3, 0.4) is 0 Å². The Morgan fingerprint density at radius 3 is 2.39 bits per heavy atom. The number of ether oxygens (including phenoxy) is 1. The molecule has 106 valence electrons.